The van der Waals surface area contributed by atoms with Crippen molar-refractivity contribution in [3.05, 3.63) is 53.8 Å². The summed E-state index contributed by atoms with van der Waals surface area (Å²) < 4.78 is 30.0. The minimum atomic E-state index is -0.995. The number of carbonyl (C=O) groups excluding carboxylic acids is 2. The normalized spacial score (nSPS) is 14.7. The lowest BCUT2D eigenvalue weighted by Gasteiger charge is -2.34. The lowest BCUT2D eigenvalue weighted by atomic mass is 10.0. The zero-order valence-corrected chi connectivity index (χ0v) is 25.4. The number of halogens is 1. The van der Waals surface area contributed by atoms with Gasteiger partial charge >= 0.3 is 0 Å². The number of aromatic nitrogens is 4. The number of ether oxygens (including phenoxy) is 3. The fourth-order valence-corrected chi connectivity index (χ4v) is 4.86. The molecule has 43 heavy (non-hydrogen) atoms. The van der Waals surface area contributed by atoms with Crippen LogP contribution < -0.4 is 14.8 Å². The summed E-state index contributed by atoms with van der Waals surface area (Å²) in [6.07, 6.45) is 0.619. The van der Waals surface area contributed by atoms with E-state index in [0.717, 1.165) is 19.6 Å². The number of morpholine rings is 1. The van der Waals surface area contributed by atoms with Gasteiger partial charge < -0.3 is 24.4 Å². The Morgan fingerprint density at radius 1 is 1.07 bits per heavy atom. The quantitative estimate of drug-likeness (QED) is 0.336. The fourth-order valence-electron chi connectivity index (χ4n) is 4.86. The van der Waals surface area contributed by atoms with Gasteiger partial charge in [-0.3, -0.25) is 14.5 Å². The number of nitrogens with zero attached hydrogens (tertiary/aromatic N) is 6. The van der Waals surface area contributed by atoms with Crippen LogP contribution in [0.25, 0.3) is 11.4 Å². The van der Waals surface area contributed by atoms with Crippen LogP contribution in [-0.4, -0.2) is 101 Å². The molecule has 2 amide bonds. The molecule has 13 heteroatoms. The van der Waals surface area contributed by atoms with E-state index in [2.05, 4.69) is 25.6 Å². The largest absolute Gasteiger partial charge is 0.493 e. The minimum Gasteiger partial charge on any atom is -0.493 e. The second-order valence-corrected chi connectivity index (χ2v) is 11.3. The Kier molecular flexibility index (Phi) is 10.6. The lowest BCUT2D eigenvalue weighted by Crippen LogP contribution is -2.50. The van der Waals surface area contributed by atoms with Gasteiger partial charge in [0.05, 0.1) is 27.4 Å². The highest BCUT2D eigenvalue weighted by Crippen LogP contribution is 2.31. The molecule has 0 radical (unpaired) electrons. The van der Waals surface area contributed by atoms with Crippen molar-refractivity contribution in [3.63, 3.8) is 0 Å². The maximum atomic E-state index is 13.9. The molecule has 12 nitrogen and oxygen atoms in total. The van der Waals surface area contributed by atoms with Crippen molar-refractivity contribution in [1.29, 1.82) is 0 Å². The van der Waals surface area contributed by atoms with Gasteiger partial charge in [-0.15, -0.1) is 10.2 Å². The second-order valence-electron chi connectivity index (χ2n) is 11.3. The van der Waals surface area contributed by atoms with Gasteiger partial charge in [-0.1, -0.05) is 12.1 Å². The van der Waals surface area contributed by atoms with Crippen LogP contribution in [0.5, 0.6) is 11.5 Å². The summed E-state index contributed by atoms with van der Waals surface area (Å²) in [5.74, 6) is 0.187. The van der Waals surface area contributed by atoms with E-state index < -0.39 is 17.4 Å². The Labute approximate surface area is 251 Å². The zero-order valence-electron chi connectivity index (χ0n) is 25.4. The molecule has 0 spiro atoms. The third-order valence-electron chi connectivity index (χ3n) is 6.91. The standard InChI is InChI=1S/C30H40FN7O5/c1-30(2,3)32-29(40)27(21-7-10-23(31)11-8-21)37(14-6-13-36-15-17-43-18-16-36)26(39)20-38-34-28(33-35-38)22-9-12-24(41-4)25(19-22)42-5/h7-12,19,27H,6,13-18,20H2,1-5H3,(H,32,40)/t27-/m0/s1. The first kappa shape index (κ1) is 31.8. The van der Waals surface area contributed by atoms with Gasteiger partial charge in [-0.05, 0) is 68.3 Å². The molecule has 1 aliphatic heterocycles. The number of benzene rings is 2. The van der Waals surface area contributed by atoms with E-state index >= 15 is 0 Å². The van der Waals surface area contributed by atoms with Crippen molar-refractivity contribution in [1.82, 2.24) is 35.3 Å². The average Bonchev–Trinajstić information content (AvgIpc) is 3.45. The molecule has 1 N–H and O–H groups in total. The summed E-state index contributed by atoms with van der Waals surface area (Å²) in [5, 5.41) is 15.6. The van der Waals surface area contributed by atoms with Crippen LogP contribution in [-0.2, 0) is 20.9 Å². The predicted molar refractivity (Wildman–Crippen MR) is 157 cm³/mol. The third kappa shape index (κ3) is 8.71. The van der Waals surface area contributed by atoms with Crippen molar-refractivity contribution in [2.75, 3.05) is 53.6 Å². The number of carbonyl (C=O) groups is 2. The molecule has 0 aliphatic carbocycles. The molecule has 3 aromatic rings. The van der Waals surface area contributed by atoms with Crippen molar-refractivity contribution in [2.24, 2.45) is 0 Å². The lowest BCUT2D eigenvalue weighted by molar-refractivity contribution is -0.142. The van der Waals surface area contributed by atoms with E-state index in [0.29, 0.717) is 48.1 Å². The minimum absolute atomic E-state index is 0.252. The molecule has 2 heterocycles. The fraction of sp³-hybridized carbons (Fsp3) is 0.500. The number of nitrogens with one attached hydrogen (secondary N) is 1. The monoisotopic (exact) mass is 597 g/mol. The first-order chi connectivity index (χ1) is 20.6. The van der Waals surface area contributed by atoms with Crippen molar-refractivity contribution in [2.45, 2.75) is 45.3 Å². The van der Waals surface area contributed by atoms with Crippen molar-refractivity contribution < 1.29 is 28.2 Å². The number of hydrogen-bond acceptors (Lipinski definition) is 9. The molecular formula is C30H40FN7O5. The highest BCUT2D eigenvalue weighted by molar-refractivity contribution is 5.89. The smallest absolute Gasteiger partial charge is 0.247 e. The van der Waals surface area contributed by atoms with Gasteiger partial charge in [0.15, 0.2) is 11.5 Å². The molecule has 1 atom stereocenters. The van der Waals surface area contributed by atoms with E-state index in [1.165, 1.54) is 41.1 Å². The van der Waals surface area contributed by atoms with Crippen LogP contribution >= 0.6 is 0 Å². The first-order valence-electron chi connectivity index (χ1n) is 14.2. The number of tetrazole rings is 1. The van der Waals surface area contributed by atoms with Crippen LogP contribution in [0.4, 0.5) is 4.39 Å². The van der Waals surface area contributed by atoms with Gasteiger partial charge in [0.1, 0.15) is 18.4 Å². The summed E-state index contributed by atoms with van der Waals surface area (Å²) in [4.78, 5) is 32.7. The van der Waals surface area contributed by atoms with E-state index in [1.54, 1.807) is 25.3 Å². The summed E-state index contributed by atoms with van der Waals surface area (Å²) in [6.45, 7) is 9.30. The average molecular weight is 598 g/mol. The van der Waals surface area contributed by atoms with E-state index in [9.17, 15) is 14.0 Å². The Morgan fingerprint density at radius 3 is 2.42 bits per heavy atom. The number of rotatable bonds is 12. The van der Waals surface area contributed by atoms with Gasteiger partial charge in [0, 0.05) is 37.3 Å². The summed E-state index contributed by atoms with van der Waals surface area (Å²) in [7, 11) is 3.08. The van der Waals surface area contributed by atoms with Crippen LogP contribution in [0.2, 0.25) is 0 Å². The number of hydrogen-bond donors (Lipinski definition) is 1. The molecular weight excluding hydrogens is 557 g/mol. The molecule has 4 rings (SSSR count). The second kappa shape index (κ2) is 14.4. The number of amides is 2. The molecule has 0 bridgehead atoms. The topological polar surface area (TPSA) is 124 Å². The Morgan fingerprint density at radius 2 is 1.77 bits per heavy atom. The van der Waals surface area contributed by atoms with E-state index in [-0.39, 0.29) is 24.9 Å². The Balaban J connectivity index is 1.60. The van der Waals surface area contributed by atoms with Gasteiger partial charge in [0.2, 0.25) is 17.6 Å². The maximum absolute atomic E-state index is 13.9. The van der Waals surface area contributed by atoms with Crippen LogP contribution in [0.15, 0.2) is 42.5 Å². The molecule has 1 saturated heterocycles. The van der Waals surface area contributed by atoms with Crippen LogP contribution in [0.3, 0.4) is 0 Å². The van der Waals surface area contributed by atoms with Crippen LogP contribution in [0.1, 0.15) is 38.8 Å². The van der Waals surface area contributed by atoms with Gasteiger partial charge in [-0.2, -0.15) is 4.80 Å². The highest BCUT2D eigenvalue weighted by atomic mass is 19.1. The molecule has 2 aromatic carbocycles. The summed E-state index contributed by atoms with van der Waals surface area (Å²) in [6, 6.07) is 9.88. The molecule has 1 aromatic heterocycles. The van der Waals surface area contributed by atoms with Gasteiger partial charge in [0.25, 0.3) is 0 Å². The van der Waals surface area contributed by atoms with E-state index in [4.69, 9.17) is 14.2 Å². The third-order valence-corrected chi connectivity index (χ3v) is 6.91. The molecule has 232 valence electrons. The maximum Gasteiger partial charge on any atom is 0.247 e. The Hall–Kier alpha value is -4.10. The number of methoxy groups -OCH3 is 2. The molecule has 0 unspecified atom stereocenters. The van der Waals surface area contributed by atoms with Crippen molar-refractivity contribution >= 4 is 11.8 Å². The van der Waals surface area contributed by atoms with E-state index in [1.807, 2.05) is 20.8 Å². The van der Waals surface area contributed by atoms with Crippen LogP contribution in [0, 0.1) is 5.82 Å². The zero-order chi connectivity index (χ0) is 31.0. The molecule has 1 aliphatic rings. The van der Waals surface area contributed by atoms with Gasteiger partial charge in [-0.25, -0.2) is 4.39 Å². The molecule has 1 fully saturated rings. The highest BCUT2D eigenvalue weighted by Gasteiger charge is 2.33. The summed E-state index contributed by atoms with van der Waals surface area (Å²) >= 11 is 0. The Bertz CT molecular complexity index is 1370. The first-order valence-corrected chi connectivity index (χ1v) is 14.2. The van der Waals surface area contributed by atoms with Crippen molar-refractivity contribution in [3.8, 4) is 22.9 Å². The molecule has 0 saturated carbocycles. The predicted octanol–water partition coefficient (Wildman–Crippen LogP) is 2.70. The SMILES string of the molecule is COc1ccc(-c2nnn(CC(=O)N(CCCN3CCOCC3)[C@H](C(=O)NC(C)(C)C)c3ccc(F)cc3)n2)cc1OC. The summed E-state index contributed by atoms with van der Waals surface area (Å²) in [5.41, 5.74) is 0.576.